The monoisotopic (exact) mass is 219 g/mol. The smallest absolute Gasteiger partial charge is 0.406 e. The SMILES string of the molecule is CCNc1cc(OC(F)(F)F)ccc1C. The highest BCUT2D eigenvalue weighted by Crippen LogP contribution is 2.27. The number of rotatable bonds is 3. The second-order valence-corrected chi connectivity index (χ2v) is 3.05. The molecule has 0 aliphatic rings. The van der Waals surface area contributed by atoms with E-state index in [1.54, 1.807) is 6.07 Å². The van der Waals surface area contributed by atoms with Gasteiger partial charge in [-0.2, -0.15) is 0 Å². The van der Waals surface area contributed by atoms with Gasteiger partial charge in [-0.1, -0.05) is 6.07 Å². The van der Waals surface area contributed by atoms with E-state index in [1.165, 1.54) is 12.1 Å². The molecule has 0 radical (unpaired) electrons. The minimum absolute atomic E-state index is 0.205. The number of anilines is 1. The van der Waals surface area contributed by atoms with Gasteiger partial charge < -0.3 is 10.1 Å². The number of hydrogen-bond acceptors (Lipinski definition) is 2. The molecule has 0 saturated carbocycles. The molecule has 0 saturated heterocycles. The van der Waals surface area contributed by atoms with Crippen LogP contribution in [-0.2, 0) is 0 Å². The number of benzene rings is 1. The van der Waals surface area contributed by atoms with E-state index in [1.807, 2.05) is 13.8 Å². The standard InChI is InChI=1S/C10H12F3NO/c1-3-14-9-6-8(5-4-7(9)2)15-10(11,12)13/h4-6,14H,3H2,1-2H3. The topological polar surface area (TPSA) is 21.3 Å². The first-order valence-corrected chi connectivity index (χ1v) is 4.52. The summed E-state index contributed by atoms with van der Waals surface area (Å²) in [6.07, 6.45) is -4.64. The molecule has 15 heavy (non-hydrogen) atoms. The van der Waals surface area contributed by atoms with Crippen LogP contribution in [-0.4, -0.2) is 12.9 Å². The first-order valence-electron chi connectivity index (χ1n) is 4.52. The maximum atomic E-state index is 11.9. The molecule has 2 nitrogen and oxygen atoms in total. The van der Waals surface area contributed by atoms with Gasteiger partial charge in [0.05, 0.1) is 0 Å². The molecule has 0 spiro atoms. The van der Waals surface area contributed by atoms with Crippen LogP contribution in [0.25, 0.3) is 0 Å². The van der Waals surface area contributed by atoms with Crippen molar-refractivity contribution in [1.29, 1.82) is 0 Å². The lowest BCUT2D eigenvalue weighted by Gasteiger charge is -2.12. The third kappa shape index (κ3) is 3.69. The summed E-state index contributed by atoms with van der Waals surface area (Å²) in [5, 5.41) is 2.95. The van der Waals surface area contributed by atoms with Gasteiger partial charge in [-0.15, -0.1) is 13.2 Å². The van der Waals surface area contributed by atoms with Crippen LogP contribution >= 0.6 is 0 Å². The van der Waals surface area contributed by atoms with Crippen LogP contribution in [0.3, 0.4) is 0 Å². The van der Waals surface area contributed by atoms with Crippen LogP contribution in [0.5, 0.6) is 5.75 Å². The van der Waals surface area contributed by atoms with Crippen molar-refractivity contribution >= 4 is 5.69 Å². The second kappa shape index (κ2) is 4.42. The Labute approximate surface area is 86.1 Å². The van der Waals surface area contributed by atoms with E-state index in [-0.39, 0.29) is 5.75 Å². The zero-order valence-electron chi connectivity index (χ0n) is 8.48. The molecule has 0 aliphatic carbocycles. The van der Waals surface area contributed by atoms with Crippen molar-refractivity contribution in [2.75, 3.05) is 11.9 Å². The van der Waals surface area contributed by atoms with Gasteiger partial charge in [0.1, 0.15) is 5.75 Å². The summed E-state index contributed by atoms with van der Waals surface area (Å²) < 4.78 is 39.6. The summed E-state index contributed by atoms with van der Waals surface area (Å²) in [6, 6.07) is 4.22. The lowest BCUT2D eigenvalue weighted by Crippen LogP contribution is -2.17. The van der Waals surface area contributed by atoms with Gasteiger partial charge in [0, 0.05) is 18.3 Å². The molecule has 0 fully saturated rings. The molecule has 0 bridgehead atoms. The maximum absolute atomic E-state index is 11.9. The molecule has 0 aliphatic heterocycles. The minimum atomic E-state index is -4.64. The van der Waals surface area contributed by atoms with Gasteiger partial charge in [0.15, 0.2) is 0 Å². The normalized spacial score (nSPS) is 11.3. The van der Waals surface area contributed by atoms with E-state index >= 15 is 0 Å². The number of aryl methyl sites for hydroxylation is 1. The van der Waals surface area contributed by atoms with Crippen LogP contribution in [0.2, 0.25) is 0 Å². The van der Waals surface area contributed by atoms with Crippen molar-refractivity contribution in [2.24, 2.45) is 0 Å². The third-order valence-electron chi connectivity index (χ3n) is 1.81. The average molecular weight is 219 g/mol. The number of hydrogen-bond donors (Lipinski definition) is 1. The maximum Gasteiger partial charge on any atom is 0.573 e. The first kappa shape index (κ1) is 11.7. The van der Waals surface area contributed by atoms with Gasteiger partial charge in [-0.3, -0.25) is 0 Å². The fraction of sp³-hybridized carbons (Fsp3) is 0.400. The summed E-state index contributed by atoms with van der Waals surface area (Å²) in [6.45, 7) is 4.34. The molecule has 0 atom stereocenters. The molecule has 0 aromatic heterocycles. The number of halogens is 3. The molecule has 0 amide bonds. The molecule has 1 N–H and O–H groups in total. The van der Waals surface area contributed by atoms with E-state index in [2.05, 4.69) is 10.1 Å². The average Bonchev–Trinajstić information content (AvgIpc) is 2.09. The summed E-state index contributed by atoms with van der Waals surface area (Å²) in [5.41, 5.74) is 1.53. The largest absolute Gasteiger partial charge is 0.573 e. The second-order valence-electron chi connectivity index (χ2n) is 3.05. The van der Waals surface area contributed by atoms with E-state index in [0.717, 1.165) is 5.56 Å². The van der Waals surface area contributed by atoms with Crippen molar-refractivity contribution in [1.82, 2.24) is 0 Å². The van der Waals surface area contributed by atoms with Crippen LogP contribution < -0.4 is 10.1 Å². The lowest BCUT2D eigenvalue weighted by atomic mass is 10.2. The summed E-state index contributed by atoms with van der Waals surface area (Å²) in [5.74, 6) is -0.205. The molecule has 0 heterocycles. The molecule has 1 aromatic carbocycles. The van der Waals surface area contributed by atoms with Crippen molar-refractivity contribution < 1.29 is 17.9 Å². The van der Waals surface area contributed by atoms with Crippen molar-refractivity contribution in [3.05, 3.63) is 23.8 Å². The number of nitrogens with one attached hydrogen (secondary N) is 1. The Morgan fingerprint density at radius 2 is 2.00 bits per heavy atom. The first-order chi connectivity index (χ1) is 6.92. The third-order valence-corrected chi connectivity index (χ3v) is 1.81. The van der Waals surface area contributed by atoms with Crippen LogP contribution in [0.1, 0.15) is 12.5 Å². The van der Waals surface area contributed by atoms with E-state index in [9.17, 15) is 13.2 Å². The van der Waals surface area contributed by atoms with E-state index in [0.29, 0.717) is 12.2 Å². The fourth-order valence-electron chi connectivity index (χ4n) is 1.18. The summed E-state index contributed by atoms with van der Waals surface area (Å²) in [7, 11) is 0. The molecule has 1 rings (SSSR count). The fourth-order valence-corrected chi connectivity index (χ4v) is 1.18. The van der Waals surface area contributed by atoms with Crippen LogP contribution in [0.15, 0.2) is 18.2 Å². The molecule has 1 aromatic rings. The number of ether oxygens (including phenoxy) is 1. The molecule has 0 unspecified atom stereocenters. The van der Waals surface area contributed by atoms with Crippen molar-refractivity contribution in [2.45, 2.75) is 20.2 Å². The zero-order valence-corrected chi connectivity index (χ0v) is 8.48. The molecular formula is C10H12F3NO. The van der Waals surface area contributed by atoms with Crippen molar-refractivity contribution in [3.8, 4) is 5.75 Å². The summed E-state index contributed by atoms with van der Waals surface area (Å²) >= 11 is 0. The predicted molar refractivity (Wildman–Crippen MR) is 52.0 cm³/mol. The molecular weight excluding hydrogens is 207 g/mol. The Kier molecular flexibility index (Phi) is 3.44. The zero-order chi connectivity index (χ0) is 11.5. The van der Waals surface area contributed by atoms with Crippen LogP contribution in [0.4, 0.5) is 18.9 Å². The molecule has 84 valence electrons. The van der Waals surface area contributed by atoms with Gasteiger partial charge in [0.25, 0.3) is 0 Å². The van der Waals surface area contributed by atoms with Crippen molar-refractivity contribution in [3.63, 3.8) is 0 Å². The minimum Gasteiger partial charge on any atom is -0.406 e. The van der Waals surface area contributed by atoms with Gasteiger partial charge in [-0.05, 0) is 25.5 Å². The van der Waals surface area contributed by atoms with Gasteiger partial charge in [-0.25, -0.2) is 0 Å². The van der Waals surface area contributed by atoms with E-state index < -0.39 is 6.36 Å². The quantitative estimate of drug-likeness (QED) is 0.841. The molecule has 5 heteroatoms. The highest BCUT2D eigenvalue weighted by molar-refractivity contribution is 5.54. The van der Waals surface area contributed by atoms with Crippen LogP contribution in [0, 0.1) is 6.92 Å². The highest BCUT2D eigenvalue weighted by atomic mass is 19.4. The predicted octanol–water partition coefficient (Wildman–Crippen LogP) is 3.33. The lowest BCUT2D eigenvalue weighted by molar-refractivity contribution is -0.274. The Balaban J connectivity index is 2.87. The number of alkyl halides is 3. The van der Waals surface area contributed by atoms with E-state index in [4.69, 9.17) is 0 Å². The Morgan fingerprint density at radius 3 is 2.53 bits per heavy atom. The summed E-state index contributed by atoms with van der Waals surface area (Å²) in [4.78, 5) is 0. The Morgan fingerprint density at radius 1 is 1.33 bits per heavy atom. The highest BCUT2D eigenvalue weighted by Gasteiger charge is 2.31. The van der Waals surface area contributed by atoms with Gasteiger partial charge >= 0.3 is 6.36 Å². The Bertz CT molecular complexity index is 336. The Hall–Kier alpha value is -1.39. The van der Waals surface area contributed by atoms with Gasteiger partial charge in [0.2, 0.25) is 0 Å².